The topological polar surface area (TPSA) is 65.3 Å². The molecule has 7 heteroatoms. The molecule has 2 aromatic carbocycles. The van der Waals surface area contributed by atoms with Gasteiger partial charge in [-0.05, 0) is 30.7 Å². The van der Waals surface area contributed by atoms with Gasteiger partial charge in [-0.15, -0.1) is 11.8 Å². The van der Waals surface area contributed by atoms with Crippen molar-refractivity contribution in [2.24, 2.45) is 0 Å². The van der Waals surface area contributed by atoms with Gasteiger partial charge in [0.2, 0.25) is 0 Å². The van der Waals surface area contributed by atoms with Crippen LogP contribution in [0.15, 0.2) is 42.5 Å². The lowest BCUT2D eigenvalue weighted by molar-refractivity contribution is 0.157. The first-order valence-electron chi connectivity index (χ1n) is 8.77. The van der Waals surface area contributed by atoms with E-state index in [9.17, 15) is 8.78 Å². The second-order valence-corrected chi connectivity index (χ2v) is 6.65. The molecule has 0 fully saturated rings. The van der Waals surface area contributed by atoms with Crippen LogP contribution in [-0.4, -0.2) is 23.4 Å². The molecule has 0 aliphatic heterocycles. The summed E-state index contributed by atoms with van der Waals surface area (Å²) in [4.78, 5) is 0. The number of thioether (sulfide) groups is 1. The largest absolute Gasteiger partial charge is 0.493 e. The molecule has 0 unspecified atom stereocenters. The van der Waals surface area contributed by atoms with E-state index in [1.807, 2.05) is 24.3 Å². The number of benzene rings is 2. The van der Waals surface area contributed by atoms with E-state index in [1.165, 1.54) is 6.42 Å². The fourth-order valence-corrected chi connectivity index (χ4v) is 2.85. The van der Waals surface area contributed by atoms with Crippen LogP contribution in [0.5, 0.6) is 5.75 Å². The van der Waals surface area contributed by atoms with Crippen molar-refractivity contribution in [2.75, 3.05) is 13.2 Å². The number of halogens is 2. The lowest BCUT2D eigenvalue weighted by Crippen LogP contribution is -2.12. The van der Waals surface area contributed by atoms with E-state index in [1.54, 1.807) is 0 Å². The number of hydroxylamine groups is 1. The third-order valence-corrected chi connectivity index (χ3v) is 4.17. The van der Waals surface area contributed by atoms with Crippen molar-refractivity contribution < 1.29 is 18.7 Å². The van der Waals surface area contributed by atoms with Crippen molar-refractivity contribution in [1.29, 1.82) is 5.41 Å². The van der Waals surface area contributed by atoms with Gasteiger partial charge < -0.3 is 9.94 Å². The Morgan fingerprint density at radius 2 is 1.89 bits per heavy atom. The average Bonchev–Trinajstić information content (AvgIpc) is 2.66. The van der Waals surface area contributed by atoms with Gasteiger partial charge in [0.15, 0.2) is 0 Å². The summed E-state index contributed by atoms with van der Waals surface area (Å²) < 4.78 is 32.6. The van der Waals surface area contributed by atoms with Crippen molar-refractivity contribution >= 4 is 16.8 Å². The molecule has 0 saturated carbocycles. The highest BCUT2D eigenvalue weighted by Crippen LogP contribution is 2.26. The van der Waals surface area contributed by atoms with E-state index < -0.39 is 11.6 Å². The molecule has 4 nitrogen and oxygen atoms in total. The van der Waals surface area contributed by atoms with Crippen LogP contribution in [0.25, 0.3) is 0 Å². The second-order valence-electron chi connectivity index (χ2n) is 5.67. The van der Waals surface area contributed by atoms with Crippen LogP contribution in [0.3, 0.4) is 0 Å². The smallest absolute Gasteiger partial charge is 0.133 e. The number of rotatable bonds is 8. The van der Waals surface area contributed by atoms with Crippen molar-refractivity contribution in [3.63, 3.8) is 0 Å². The highest BCUT2D eigenvalue weighted by Gasteiger charge is 2.12. The number of hydrogen-bond acceptors (Lipinski definition) is 5. The summed E-state index contributed by atoms with van der Waals surface area (Å²) in [6, 6.07) is 10.4. The molecule has 0 spiro atoms. The monoisotopic (exact) mass is 396 g/mol. The molecular formula is C20H26F2N2O2S. The van der Waals surface area contributed by atoms with Gasteiger partial charge in [0.25, 0.3) is 0 Å². The molecule has 27 heavy (non-hydrogen) atoms. The Morgan fingerprint density at radius 3 is 2.59 bits per heavy atom. The molecule has 2 aromatic rings. The Hall–Kier alpha value is -1.96. The number of ether oxygens (including phenoxy) is 1. The quantitative estimate of drug-likeness (QED) is 0.242. The van der Waals surface area contributed by atoms with Crippen LogP contribution in [0.2, 0.25) is 0 Å². The summed E-state index contributed by atoms with van der Waals surface area (Å²) in [6.45, 7) is 5.12. The van der Waals surface area contributed by atoms with Gasteiger partial charge >= 0.3 is 0 Å². The van der Waals surface area contributed by atoms with Crippen LogP contribution < -0.4 is 10.2 Å². The molecule has 0 aromatic heterocycles. The fraction of sp³-hybridized carbons (Fsp3) is 0.350. The minimum absolute atomic E-state index is 0.0358. The molecule has 3 N–H and O–H groups in total. The van der Waals surface area contributed by atoms with Gasteiger partial charge in [0, 0.05) is 23.4 Å². The molecule has 2 rings (SSSR count). The fourth-order valence-electron chi connectivity index (χ4n) is 2.00. The van der Waals surface area contributed by atoms with Crippen molar-refractivity contribution in [2.45, 2.75) is 32.4 Å². The molecule has 0 heterocycles. The van der Waals surface area contributed by atoms with Crippen LogP contribution in [0.1, 0.15) is 37.8 Å². The second kappa shape index (κ2) is 13.2. The molecular weight excluding hydrogens is 370 g/mol. The van der Waals surface area contributed by atoms with Gasteiger partial charge in [0.05, 0.1) is 11.7 Å². The molecule has 0 atom stereocenters. The maximum Gasteiger partial charge on any atom is 0.133 e. The van der Waals surface area contributed by atoms with E-state index in [-0.39, 0.29) is 10.6 Å². The Bertz CT molecular complexity index is 714. The first-order valence-corrected chi connectivity index (χ1v) is 9.76. The molecule has 0 radical (unpaired) electrons. The first-order chi connectivity index (χ1) is 13.0. The maximum atomic E-state index is 13.7. The normalized spacial score (nSPS) is 10.1. The molecule has 0 amide bonds. The first kappa shape index (κ1) is 23.1. The molecule has 0 aliphatic carbocycles. The lowest BCUT2D eigenvalue weighted by Gasteiger charge is -2.12. The van der Waals surface area contributed by atoms with Crippen LogP contribution in [0.4, 0.5) is 8.78 Å². The zero-order valence-corrected chi connectivity index (χ0v) is 16.4. The Kier molecular flexibility index (Phi) is 11.3. The van der Waals surface area contributed by atoms with Gasteiger partial charge in [-0.25, -0.2) is 14.3 Å². The highest BCUT2D eigenvalue weighted by molar-refractivity contribution is 8.13. The third-order valence-electron chi connectivity index (χ3n) is 3.21. The summed E-state index contributed by atoms with van der Waals surface area (Å²) in [5, 5.41) is 16.4. The van der Waals surface area contributed by atoms with E-state index >= 15 is 0 Å². The van der Waals surface area contributed by atoms with E-state index in [2.05, 4.69) is 19.3 Å². The third kappa shape index (κ3) is 8.51. The lowest BCUT2D eigenvalue weighted by atomic mass is 10.2. The van der Waals surface area contributed by atoms with E-state index in [4.69, 9.17) is 15.4 Å². The van der Waals surface area contributed by atoms with Gasteiger partial charge in [0.1, 0.15) is 17.4 Å². The summed E-state index contributed by atoms with van der Waals surface area (Å²) in [7, 11) is 0. The summed E-state index contributed by atoms with van der Waals surface area (Å²) >= 11 is 1.11. The SMILES string of the molecule is CCC.N=C(SCc1ccccc1OCCCNO)c1cc(F)ccc1F. The number of hydrogen-bond donors (Lipinski definition) is 3. The number of nitrogens with one attached hydrogen (secondary N) is 2. The summed E-state index contributed by atoms with van der Waals surface area (Å²) in [6.07, 6.45) is 1.89. The predicted molar refractivity (Wildman–Crippen MR) is 107 cm³/mol. The van der Waals surface area contributed by atoms with Crippen molar-refractivity contribution in [1.82, 2.24) is 5.48 Å². The summed E-state index contributed by atoms with van der Waals surface area (Å²) in [5.74, 6) is -0.105. The maximum absolute atomic E-state index is 13.7. The zero-order valence-electron chi connectivity index (χ0n) is 15.6. The molecule has 148 valence electrons. The molecule has 0 bridgehead atoms. The zero-order chi connectivity index (χ0) is 20.1. The van der Waals surface area contributed by atoms with Crippen LogP contribution >= 0.6 is 11.8 Å². The van der Waals surface area contributed by atoms with E-state index in [0.717, 1.165) is 35.5 Å². The number of para-hydroxylation sites is 1. The average molecular weight is 397 g/mol. The highest BCUT2D eigenvalue weighted by atomic mass is 32.2. The Labute approximate surface area is 163 Å². The van der Waals surface area contributed by atoms with Crippen LogP contribution in [-0.2, 0) is 5.75 Å². The molecule has 0 aliphatic rings. The van der Waals surface area contributed by atoms with E-state index in [0.29, 0.717) is 31.1 Å². The van der Waals surface area contributed by atoms with Crippen LogP contribution in [0, 0.1) is 17.0 Å². The van der Waals surface area contributed by atoms with Gasteiger partial charge in [-0.3, -0.25) is 5.41 Å². The molecule has 0 saturated heterocycles. The van der Waals surface area contributed by atoms with Gasteiger partial charge in [-0.1, -0.05) is 38.5 Å². The Morgan fingerprint density at radius 1 is 1.19 bits per heavy atom. The minimum Gasteiger partial charge on any atom is -0.493 e. The summed E-state index contributed by atoms with van der Waals surface area (Å²) in [5.41, 5.74) is 2.87. The standard InChI is InChI=1S/C17H18F2N2O2S.C3H8/c18-13-6-7-15(19)14(10-13)17(20)24-11-12-4-1-2-5-16(12)23-9-3-8-21-22;1-3-2/h1-2,4-7,10,20-22H,3,8-9,11H2;3H2,1-2H3. The Balaban J connectivity index is 0.00000114. The predicted octanol–water partition coefficient (Wildman–Crippen LogP) is 5.39. The van der Waals surface area contributed by atoms with Crippen molar-refractivity contribution in [3.05, 3.63) is 65.2 Å². The van der Waals surface area contributed by atoms with Crippen molar-refractivity contribution in [3.8, 4) is 5.75 Å². The minimum atomic E-state index is -0.616. The van der Waals surface area contributed by atoms with Gasteiger partial charge in [-0.2, -0.15) is 0 Å².